The Kier molecular flexibility index (Phi) is 6.13. The Morgan fingerprint density at radius 2 is 1.96 bits per heavy atom. The number of anilines is 1. The lowest BCUT2D eigenvalue weighted by Crippen LogP contribution is -2.35. The smallest absolute Gasteiger partial charge is 0.248 e. The number of hydrogen-bond acceptors (Lipinski definition) is 4. The number of halogens is 1. The maximum absolute atomic E-state index is 12.8. The van der Waals surface area contributed by atoms with Crippen molar-refractivity contribution < 1.29 is 13.2 Å². The summed E-state index contributed by atoms with van der Waals surface area (Å²) >= 11 is 7.66. The highest BCUT2D eigenvalue weighted by atomic mass is 35.5. The Morgan fingerprint density at radius 1 is 1.19 bits per heavy atom. The van der Waals surface area contributed by atoms with Gasteiger partial charge in [0.2, 0.25) is 15.9 Å². The topological polar surface area (TPSA) is 66.5 Å². The maximum atomic E-state index is 12.8. The molecular weight excluding hydrogens is 392 g/mol. The molecule has 1 aliphatic rings. The van der Waals surface area contributed by atoms with Crippen LogP contribution in [0.5, 0.6) is 0 Å². The number of piperidine rings is 1. The van der Waals surface area contributed by atoms with Gasteiger partial charge < -0.3 is 5.32 Å². The molecule has 1 saturated heterocycles. The minimum atomic E-state index is -3.67. The van der Waals surface area contributed by atoms with E-state index in [1.54, 1.807) is 12.1 Å². The zero-order valence-electron chi connectivity index (χ0n) is 14.0. The summed E-state index contributed by atoms with van der Waals surface area (Å²) in [5.41, 5.74) is 0.394. The molecule has 0 unspecified atom stereocenters. The van der Waals surface area contributed by atoms with E-state index in [4.69, 9.17) is 11.6 Å². The minimum Gasteiger partial charge on any atom is -0.322 e. The van der Waals surface area contributed by atoms with Gasteiger partial charge in [0.25, 0.3) is 0 Å². The number of nitrogens with zero attached hydrogens (tertiary/aromatic N) is 1. The second-order valence-electron chi connectivity index (χ2n) is 5.95. The zero-order valence-corrected chi connectivity index (χ0v) is 16.4. The SMILES string of the molecule is O=C(C=Cc1cccs1)Nc1ccc(Cl)c(S(=O)(=O)N2CCCCC2)c1. The molecule has 3 rings (SSSR count). The number of thiophene rings is 1. The first-order valence-corrected chi connectivity index (χ1v) is 11.0. The fourth-order valence-corrected chi connectivity index (χ4v) is 5.39. The summed E-state index contributed by atoms with van der Waals surface area (Å²) in [6.07, 6.45) is 5.86. The number of nitrogens with one attached hydrogen (secondary N) is 1. The number of carbonyl (C=O) groups is 1. The molecule has 1 aromatic heterocycles. The standard InChI is InChI=1S/C18H19ClN2O3S2/c19-16-8-6-14(20-18(22)9-7-15-5-4-12-25-15)13-17(16)26(23,24)21-10-2-1-3-11-21/h4-9,12-13H,1-3,10-11H2,(H,20,22). The molecule has 0 atom stereocenters. The molecule has 26 heavy (non-hydrogen) atoms. The van der Waals surface area contributed by atoms with Crippen molar-refractivity contribution >= 4 is 50.6 Å². The van der Waals surface area contributed by atoms with Crippen molar-refractivity contribution in [3.05, 3.63) is 51.7 Å². The number of sulfonamides is 1. The average molecular weight is 411 g/mol. The van der Waals surface area contributed by atoms with Crippen LogP contribution in [0.4, 0.5) is 5.69 Å². The van der Waals surface area contributed by atoms with Crippen molar-refractivity contribution in [1.29, 1.82) is 0 Å². The van der Waals surface area contributed by atoms with Crippen LogP contribution >= 0.6 is 22.9 Å². The molecule has 1 aromatic carbocycles. The molecule has 1 N–H and O–H groups in total. The first kappa shape index (κ1) is 19.1. The van der Waals surface area contributed by atoms with Crippen molar-refractivity contribution in [1.82, 2.24) is 4.31 Å². The highest BCUT2D eigenvalue weighted by Gasteiger charge is 2.28. The molecule has 1 amide bonds. The van der Waals surface area contributed by atoms with Gasteiger partial charge in [-0.25, -0.2) is 8.42 Å². The molecule has 1 aliphatic heterocycles. The van der Waals surface area contributed by atoms with Crippen LogP contribution in [0.2, 0.25) is 5.02 Å². The van der Waals surface area contributed by atoms with Crippen LogP contribution < -0.4 is 5.32 Å². The first-order chi connectivity index (χ1) is 12.5. The first-order valence-electron chi connectivity index (χ1n) is 8.29. The fraction of sp³-hybridized carbons (Fsp3) is 0.278. The van der Waals surface area contributed by atoms with E-state index in [0.717, 1.165) is 24.1 Å². The lowest BCUT2D eigenvalue weighted by molar-refractivity contribution is -0.111. The van der Waals surface area contributed by atoms with Gasteiger partial charge in [0, 0.05) is 29.7 Å². The predicted molar refractivity (Wildman–Crippen MR) is 106 cm³/mol. The quantitative estimate of drug-likeness (QED) is 0.750. The molecule has 2 heterocycles. The van der Waals surface area contributed by atoms with Crippen LogP contribution in [0.25, 0.3) is 6.08 Å². The van der Waals surface area contributed by atoms with Crippen molar-refractivity contribution in [2.24, 2.45) is 0 Å². The van der Waals surface area contributed by atoms with E-state index in [9.17, 15) is 13.2 Å². The predicted octanol–water partition coefficient (Wildman–Crippen LogP) is 4.23. The van der Waals surface area contributed by atoms with Crippen LogP contribution in [-0.4, -0.2) is 31.7 Å². The van der Waals surface area contributed by atoms with E-state index in [1.807, 2.05) is 17.5 Å². The molecule has 0 saturated carbocycles. The Bertz CT molecular complexity index is 903. The van der Waals surface area contributed by atoms with Crippen LogP contribution in [0, 0.1) is 0 Å². The highest BCUT2D eigenvalue weighted by Crippen LogP contribution is 2.29. The maximum Gasteiger partial charge on any atom is 0.248 e. The van der Waals surface area contributed by atoms with E-state index in [1.165, 1.54) is 33.9 Å². The van der Waals surface area contributed by atoms with Crippen molar-refractivity contribution in [2.75, 3.05) is 18.4 Å². The van der Waals surface area contributed by atoms with E-state index < -0.39 is 10.0 Å². The van der Waals surface area contributed by atoms with Gasteiger partial charge in [-0.1, -0.05) is 24.1 Å². The van der Waals surface area contributed by atoms with Gasteiger partial charge in [-0.2, -0.15) is 4.31 Å². The van der Waals surface area contributed by atoms with Crippen LogP contribution in [-0.2, 0) is 14.8 Å². The number of rotatable bonds is 5. The lowest BCUT2D eigenvalue weighted by Gasteiger charge is -2.26. The molecule has 0 bridgehead atoms. The van der Waals surface area contributed by atoms with Crippen molar-refractivity contribution in [3.8, 4) is 0 Å². The third-order valence-corrected chi connectivity index (χ3v) is 7.29. The number of amides is 1. The second-order valence-corrected chi connectivity index (χ2v) is 9.24. The summed E-state index contributed by atoms with van der Waals surface area (Å²) < 4.78 is 27.1. The summed E-state index contributed by atoms with van der Waals surface area (Å²) in [6.45, 7) is 0.998. The molecule has 8 heteroatoms. The molecule has 0 spiro atoms. The van der Waals surface area contributed by atoms with E-state index in [2.05, 4.69) is 5.32 Å². The van der Waals surface area contributed by atoms with Gasteiger partial charge in [-0.05, 0) is 48.6 Å². The largest absolute Gasteiger partial charge is 0.322 e. The number of hydrogen-bond donors (Lipinski definition) is 1. The number of benzene rings is 1. The van der Waals surface area contributed by atoms with Crippen LogP contribution in [0.15, 0.2) is 46.7 Å². The van der Waals surface area contributed by atoms with E-state index in [-0.39, 0.29) is 15.8 Å². The summed E-state index contributed by atoms with van der Waals surface area (Å²) in [5, 5.41) is 4.76. The van der Waals surface area contributed by atoms with Crippen molar-refractivity contribution in [3.63, 3.8) is 0 Å². The van der Waals surface area contributed by atoms with Gasteiger partial charge in [0.1, 0.15) is 4.90 Å². The Balaban J connectivity index is 1.78. The summed E-state index contributed by atoms with van der Waals surface area (Å²) in [5.74, 6) is -0.331. The molecule has 138 valence electrons. The third kappa shape index (κ3) is 4.54. The Labute approximate surface area is 162 Å². The van der Waals surface area contributed by atoms with E-state index in [0.29, 0.717) is 18.8 Å². The molecule has 0 radical (unpaired) electrons. The van der Waals surface area contributed by atoms with Crippen molar-refractivity contribution in [2.45, 2.75) is 24.2 Å². The number of carbonyl (C=O) groups excluding carboxylic acids is 1. The van der Waals surface area contributed by atoms with Crippen LogP contribution in [0.3, 0.4) is 0 Å². The molecule has 2 aromatic rings. The summed E-state index contributed by atoms with van der Waals surface area (Å²) in [6, 6.07) is 8.31. The summed E-state index contributed by atoms with van der Waals surface area (Å²) in [7, 11) is -3.67. The Morgan fingerprint density at radius 3 is 2.65 bits per heavy atom. The van der Waals surface area contributed by atoms with Gasteiger partial charge in [0.15, 0.2) is 0 Å². The second kappa shape index (κ2) is 8.35. The van der Waals surface area contributed by atoms with Gasteiger partial charge in [0.05, 0.1) is 5.02 Å². The lowest BCUT2D eigenvalue weighted by atomic mass is 10.2. The molecule has 5 nitrogen and oxygen atoms in total. The minimum absolute atomic E-state index is 0.0288. The average Bonchev–Trinajstić information content (AvgIpc) is 3.16. The molecule has 1 fully saturated rings. The monoisotopic (exact) mass is 410 g/mol. The third-order valence-electron chi connectivity index (χ3n) is 4.07. The van der Waals surface area contributed by atoms with Gasteiger partial charge >= 0.3 is 0 Å². The molecular formula is C18H19ClN2O3S2. The summed E-state index contributed by atoms with van der Waals surface area (Å²) in [4.78, 5) is 13.1. The van der Waals surface area contributed by atoms with E-state index >= 15 is 0 Å². The zero-order chi connectivity index (χ0) is 18.6. The van der Waals surface area contributed by atoms with Gasteiger partial charge in [-0.3, -0.25) is 4.79 Å². The highest BCUT2D eigenvalue weighted by molar-refractivity contribution is 7.89. The Hall–Kier alpha value is -1.67. The van der Waals surface area contributed by atoms with Gasteiger partial charge in [-0.15, -0.1) is 11.3 Å². The van der Waals surface area contributed by atoms with Crippen LogP contribution in [0.1, 0.15) is 24.1 Å². The fourth-order valence-electron chi connectivity index (χ4n) is 2.75. The normalized spacial score (nSPS) is 16.0. The molecule has 0 aliphatic carbocycles.